The highest BCUT2D eigenvalue weighted by Crippen LogP contribution is 2.38. The highest BCUT2D eigenvalue weighted by Gasteiger charge is 2.21. The number of amides is 2. The standard InChI is InChI=1S/C34H38ClN7O4/c1-20-15-22(16-36-13-14-43)17-39-31(20)33(45)41-27-6-4-5-25(21(27)2)32-30(35)26(11-12-38-32)28-9-7-23(34(42-28)46-3)18-37-19-24-8-10-29(44)40-24/h4-7,9,11-12,15,17,24,36-37,43H,8,10,13-14,16,18-19H2,1-3H3,(H,40,44)(H,41,45)/t24-/m0/s1. The Hall–Kier alpha value is -4.42. The third kappa shape index (κ3) is 7.68. The Kier molecular flexibility index (Phi) is 10.9. The minimum Gasteiger partial charge on any atom is -0.481 e. The van der Waals surface area contributed by atoms with Crippen molar-refractivity contribution in [2.24, 2.45) is 0 Å². The molecule has 1 saturated heterocycles. The first-order valence-corrected chi connectivity index (χ1v) is 15.5. The summed E-state index contributed by atoms with van der Waals surface area (Å²) in [4.78, 5) is 38.5. The quantitative estimate of drug-likeness (QED) is 0.135. The van der Waals surface area contributed by atoms with Gasteiger partial charge in [-0.2, -0.15) is 0 Å². The van der Waals surface area contributed by atoms with Crippen molar-refractivity contribution in [1.29, 1.82) is 0 Å². The maximum atomic E-state index is 13.2. The van der Waals surface area contributed by atoms with Gasteiger partial charge in [0, 0.05) is 73.4 Å². The molecule has 12 heteroatoms. The number of ether oxygens (including phenoxy) is 1. The zero-order chi connectivity index (χ0) is 32.6. The zero-order valence-electron chi connectivity index (χ0n) is 26.1. The van der Waals surface area contributed by atoms with Crippen LogP contribution in [0.15, 0.2) is 54.9 Å². The second-order valence-electron chi connectivity index (χ2n) is 11.2. The maximum Gasteiger partial charge on any atom is 0.274 e. The van der Waals surface area contributed by atoms with Crippen molar-refractivity contribution < 1.29 is 19.4 Å². The van der Waals surface area contributed by atoms with Gasteiger partial charge in [0.15, 0.2) is 0 Å². The predicted octanol–water partition coefficient (Wildman–Crippen LogP) is 4.19. The molecule has 240 valence electrons. The van der Waals surface area contributed by atoms with Gasteiger partial charge in [-0.25, -0.2) is 4.98 Å². The smallest absolute Gasteiger partial charge is 0.274 e. The average molecular weight is 644 g/mol. The van der Waals surface area contributed by atoms with Crippen molar-refractivity contribution in [1.82, 2.24) is 30.9 Å². The number of hydrogen-bond donors (Lipinski definition) is 5. The molecule has 0 unspecified atom stereocenters. The number of carbonyl (C=O) groups excluding carboxylic acids is 2. The summed E-state index contributed by atoms with van der Waals surface area (Å²) in [5.74, 6) is 0.252. The molecule has 1 aliphatic heterocycles. The molecule has 0 saturated carbocycles. The van der Waals surface area contributed by atoms with E-state index in [0.29, 0.717) is 71.8 Å². The number of benzene rings is 1. The van der Waals surface area contributed by atoms with Crippen LogP contribution in [0.25, 0.3) is 22.5 Å². The normalized spacial score (nSPS) is 14.3. The molecular formula is C34H38ClN7O4. The molecule has 0 radical (unpaired) electrons. The Morgan fingerprint density at radius 2 is 1.96 bits per heavy atom. The summed E-state index contributed by atoms with van der Waals surface area (Å²) in [5.41, 5.74) is 6.98. The molecule has 0 aliphatic carbocycles. The number of hydrogen-bond acceptors (Lipinski definition) is 9. The number of pyridine rings is 3. The molecule has 5 N–H and O–H groups in total. The van der Waals surface area contributed by atoms with E-state index in [1.165, 1.54) is 0 Å². The number of nitrogens with zero attached hydrogens (tertiary/aromatic N) is 3. The third-order valence-electron chi connectivity index (χ3n) is 7.89. The van der Waals surface area contributed by atoms with Crippen LogP contribution in [0.5, 0.6) is 5.88 Å². The summed E-state index contributed by atoms with van der Waals surface area (Å²) in [6.45, 7) is 6.05. The number of methoxy groups -OCH3 is 1. The van der Waals surface area contributed by atoms with Gasteiger partial charge in [0.25, 0.3) is 5.91 Å². The highest BCUT2D eigenvalue weighted by molar-refractivity contribution is 6.35. The molecule has 11 nitrogen and oxygen atoms in total. The van der Waals surface area contributed by atoms with Crippen LogP contribution in [-0.2, 0) is 17.9 Å². The molecule has 1 atom stereocenters. The fraction of sp³-hybridized carbons (Fsp3) is 0.324. The number of aromatic nitrogens is 3. The van der Waals surface area contributed by atoms with E-state index in [1.807, 2.05) is 56.3 Å². The minimum atomic E-state index is -0.320. The number of halogens is 1. The van der Waals surface area contributed by atoms with Crippen LogP contribution in [0.4, 0.5) is 5.69 Å². The van der Waals surface area contributed by atoms with E-state index in [4.69, 9.17) is 26.4 Å². The van der Waals surface area contributed by atoms with Gasteiger partial charge in [0.2, 0.25) is 11.8 Å². The Morgan fingerprint density at radius 3 is 2.70 bits per heavy atom. The lowest BCUT2D eigenvalue weighted by Crippen LogP contribution is -2.35. The van der Waals surface area contributed by atoms with Gasteiger partial charge in [-0.3, -0.25) is 19.6 Å². The van der Waals surface area contributed by atoms with E-state index in [2.05, 4.69) is 31.2 Å². The number of aryl methyl sites for hydroxylation is 1. The number of nitrogens with one attached hydrogen (secondary N) is 4. The summed E-state index contributed by atoms with van der Waals surface area (Å²) in [5, 5.41) is 21.8. The molecule has 1 aliphatic rings. The lowest BCUT2D eigenvalue weighted by atomic mass is 10.0. The van der Waals surface area contributed by atoms with Gasteiger partial charge >= 0.3 is 0 Å². The Morgan fingerprint density at radius 1 is 1.11 bits per heavy atom. The van der Waals surface area contributed by atoms with Crippen LogP contribution in [0, 0.1) is 13.8 Å². The molecule has 3 aromatic heterocycles. The first-order valence-electron chi connectivity index (χ1n) is 15.2. The highest BCUT2D eigenvalue weighted by atomic mass is 35.5. The van der Waals surface area contributed by atoms with E-state index in [0.717, 1.165) is 34.2 Å². The molecular weight excluding hydrogens is 606 g/mol. The van der Waals surface area contributed by atoms with Crippen LogP contribution in [0.3, 0.4) is 0 Å². The largest absolute Gasteiger partial charge is 0.481 e. The molecule has 2 amide bonds. The second kappa shape index (κ2) is 15.2. The van der Waals surface area contributed by atoms with Crippen molar-refractivity contribution in [3.63, 3.8) is 0 Å². The van der Waals surface area contributed by atoms with Gasteiger partial charge in [0.1, 0.15) is 5.69 Å². The van der Waals surface area contributed by atoms with Gasteiger partial charge in [0.05, 0.1) is 30.1 Å². The van der Waals surface area contributed by atoms with E-state index in [9.17, 15) is 9.59 Å². The monoisotopic (exact) mass is 643 g/mol. The van der Waals surface area contributed by atoms with Crippen LogP contribution < -0.4 is 26.0 Å². The molecule has 1 aromatic carbocycles. The number of anilines is 1. The van der Waals surface area contributed by atoms with E-state index >= 15 is 0 Å². The van der Waals surface area contributed by atoms with E-state index < -0.39 is 0 Å². The van der Waals surface area contributed by atoms with Crippen molar-refractivity contribution in [2.75, 3.05) is 32.1 Å². The second-order valence-corrected chi connectivity index (χ2v) is 11.5. The van der Waals surface area contributed by atoms with Crippen LogP contribution >= 0.6 is 11.6 Å². The number of rotatable bonds is 13. The molecule has 5 rings (SSSR count). The van der Waals surface area contributed by atoms with Crippen molar-refractivity contribution in [3.05, 3.63) is 87.8 Å². The fourth-order valence-electron chi connectivity index (χ4n) is 5.46. The van der Waals surface area contributed by atoms with Gasteiger partial charge in [-0.05, 0) is 55.2 Å². The van der Waals surface area contributed by atoms with Crippen molar-refractivity contribution in [3.8, 4) is 28.4 Å². The first-order chi connectivity index (χ1) is 22.3. The number of aliphatic hydroxyl groups excluding tert-OH is 1. The summed E-state index contributed by atoms with van der Waals surface area (Å²) >= 11 is 6.98. The molecule has 0 spiro atoms. The molecule has 1 fully saturated rings. The van der Waals surface area contributed by atoms with Crippen LogP contribution in [-0.4, -0.2) is 64.7 Å². The van der Waals surface area contributed by atoms with Crippen LogP contribution in [0.1, 0.15) is 45.6 Å². The Labute approximate surface area is 273 Å². The first kappa shape index (κ1) is 33.0. The lowest BCUT2D eigenvalue weighted by Gasteiger charge is -2.16. The summed E-state index contributed by atoms with van der Waals surface area (Å²) in [7, 11) is 1.58. The van der Waals surface area contributed by atoms with Gasteiger partial charge < -0.3 is 31.1 Å². The minimum absolute atomic E-state index is 0.0534. The van der Waals surface area contributed by atoms with E-state index in [-0.39, 0.29) is 24.5 Å². The maximum absolute atomic E-state index is 13.2. The number of carbonyl (C=O) groups is 2. The molecule has 46 heavy (non-hydrogen) atoms. The van der Waals surface area contributed by atoms with E-state index in [1.54, 1.807) is 19.5 Å². The average Bonchev–Trinajstić information content (AvgIpc) is 3.47. The summed E-state index contributed by atoms with van der Waals surface area (Å²) in [6.07, 6.45) is 4.74. The SMILES string of the molecule is COc1nc(-c2ccnc(-c3cccc(NC(=O)c4ncc(CNCCO)cc4C)c3C)c2Cl)ccc1CNC[C@@H]1CCC(=O)N1. The predicted molar refractivity (Wildman–Crippen MR) is 178 cm³/mol. The zero-order valence-corrected chi connectivity index (χ0v) is 26.9. The summed E-state index contributed by atoms with van der Waals surface area (Å²) < 4.78 is 5.61. The Bertz CT molecular complexity index is 1730. The van der Waals surface area contributed by atoms with Gasteiger partial charge in [-0.1, -0.05) is 35.9 Å². The van der Waals surface area contributed by atoms with Crippen molar-refractivity contribution in [2.45, 2.75) is 45.8 Å². The van der Waals surface area contributed by atoms with Gasteiger partial charge in [-0.15, -0.1) is 0 Å². The van der Waals surface area contributed by atoms with Crippen molar-refractivity contribution >= 4 is 29.1 Å². The fourth-order valence-corrected chi connectivity index (χ4v) is 5.77. The molecule has 4 heterocycles. The topological polar surface area (TPSA) is 150 Å². The molecule has 4 aromatic rings. The van der Waals surface area contributed by atoms with Crippen LogP contribution in [0.2, 0.25) is 5.02 Å². The molecule has 0 bridgehead atoms. The Balaban J connectivity index is 1.33. The number of aliphatic hydroxyl groups is 1. The summed E-state index contributed by atoms with van der Waals surface area (Å²) in [6, 6.07) is 13.3. The third-order valence-corrected chi connectivity index (χ3v) is 8.28. The lowest BCUT2D eigenvalue weighted by molar-refractivity contribution is -0.119.